The van der Waals surface area contributed by atoms with Gasteiger partial charge in [-0.2, -0.15) is 0 Å². The number of hydrogen-bond acceptors (Lipinski definition) is 3. The molecular weight excluding hydrogens is 332 g/mol. The van der Waals surface area contributed by atoms with E-state index in [1.807, 2.05) is 0 Å². The van der Waals surface area contributed by atoms with Gasteiger partial charge in [-0.05, 0) is 4.20 Å². The molecule has 0 fully saturated rings. The van der Waals surface area contributed by atoms with Crippen molar-refractivity contribution in [2.75, 3.05) is 0 Å². The third-order valence-corrected chi connectivity index (χ3v) is 0. The summed E-state index contributed by atoms with van der Waals surface area (Å²) >= 11 is -3.40. The van der Waals surface area contributed by atoms with Crippen molar-refractivity contribution in [3.63, 3.8) is 0 Å². The Balaban J connectivity index is 0. The largest absolute Gasteiger partial charge is 0.433 e. The van der Waals surface area contributed by atoms with Gasteiger partial charge in [0.05, 0.1) is 0 Å². The van der Waals surface area contributed by atoms with E-state index in [4.69, 9.17) is 12.6 Å². The molecule has 1 radical (unpaired) electrons. The molecule has 0 aliphatic carbocycles. The summed E-state index contributed by atoms with van der Waals surface area (Å²) in [5.41, 5.74) is 0. The SMILES string of the molecule is [O-][Br+2]([O-])O.[Tl]. The molecule has 0 rings (SSSR count). The predicted octanol–water partition coefficient (Wildman–Crippen LogP) is -3.32. The summed E-state index contributed by atoms with van der Waals surface area (Å²) < 4.78 is 24.3. The molecule has 0 atom stereocenters. The first-order valence-corrected chi connectivity index (χ1v) is 2.48. The van der Waals surface area contributed by atoms with Gasteiger partial charge in [0, 0.05) is 27.3 Å². The second kappa shape index (κ2) is 5.28. The Morgan fingerprint density at radius 2 is 1.40 bits per heavy atom. The van der Waals surface area contributed by atoms with Gasteiger partial charge in [0.2, 0.25) is 0 Å². The van der Waals surface area contributed by atoms with E-state index >= 15 is 0 Å². The van der Waals surface area contributed by atoms with Crippen molar-refractivity contribution in [3.05, 3.63) is 0 Å². The zero-order valence-electron chi connectivity index (χ0n) is 2.22. The van der Waals surface area contributed by atoms with E-state index in [-0.39, 0.29) is 27.3 Å². The average molecular weight is 333 g/mol. The summed E-state index contributed by atoms with van der Waals surface area (Å²) in [6, 6.07) is 0. The molecule has 0 aliphatic rings. The summed E-state index contributed by atoms with van der Waals surface area (Å²) in [4.78, 5) is 0. The van der Waals surface area contributed by atoms with Gasteiger partial charge in [0.25, 0.3) is 0 Å². The van der Waals surface area contributed by atoms with Crippen LogP contribution >= 0.6 is 0 Å². The van der Waals surface area contributed by atoms with Gasteiger partial charge in [0.1, 0.15) is 0 Å². The molecule has 0 spiro atoms. The van der Waals surface area contributed by atoms with Crippen LogP contribution in [0.2, 0.25) is 0 Å². The second-order valence-electron chi connectivity index (χ2n) is 0.201. The summed E-state index contributed by atoms with van der Waals surface area (Å²) in [5.74, 6) is 0. The zero-order valence-corrected chi connectivity index (χ0v) is 8.29. The summed E-state index contributed by atoms with van der Waals surface area (Å²) in [6.45, 7) is 0. The molecule has 0 bridgehead atoms. The molecule has 0 saturated heterocycles. The monoisotopic (exact) mass is 333 g/mol. The van der Waals surface area contributed by atoms with E-state index in [1.165, 1.54) is 0 Å². The van der Waals surface area contributed by atoms with Crippen molar-refractivity contribution < 1.29 is 27.4 Å². The molecule has 1 N–H and O–H groups in total. The molecule has 0 saturated carbocycles. The van der Waals surface area contributed by atoms with E-state index in [2.05, 4.69) is 0 Å². The van der Waals surface area contributed by atoms with Crippen LogP contribution in [0.5, 0.6) is 0 Å². The van der Waals surface area contributed by atoms with Gasteiger partial charge in [-0.15, -0.1) is 0 Å². The smallest absolute Gasteiger partial charge is 0.372 e. The molecule has 0 heterocycles. The number of halogens is 1. The predicted molar refractivity (Wildman–Crippen MR) is 7.97 cm³/mol. The van der Waals surface area contributed by atoms with Crippen LogP contribution in [0.1, 0.15) is 0 Å². The van der Waals surface area contributed by atoms with Crippen LogP contribution in [0, 0.1) is 14.8 Å². The van der Waals surface area contributed by atoms with Crippen LogP contribution in [0.15, 0.2) is 0 Å². The normalized spacial score (nSPS) is 7.20. The first-order chi connectivity index (χ1) is 1.73. The van der Waals surface area contributed by atoms with Crippen molar-refractivity contribution in [3.8, 4) is 0 Å². The molecule has 5 heteroatoms. The summed E-state index contributed by atoms with van der Waals surface area (Å²) in [7, 11) is 0. The molecule has 29 valence electrons. The van der Waals surface area contributed by atoms with Crippen LogP contribution in [-0.2, 0) is 0 Å². The fraction of sp³-hybridized carbons (Fsp3) is 0. The van der Waals surface area contributed by atoms with Gasteiger partial charge in [-0.1, -0.05) is 0 Å². The van der Waals surface area contributed by atoms with Crippen LogP contribution in [0.25, 0.3) is 0 Å². The molecule has 0 unspecified atom stereocenters. The molecule has 5 heavy (non-hydrogen) atoms. The quantitative estimate of drug-likeness (QED) is 0.472. The Kier molecular flexibility index (Phi) is 10.1. The van der Waals surface area contributed by atoms with Crippen LogP contribution in [0.4, 0.5) is 0 Å². The Morgan fingerprint density at radius 1 is 1.40 bits per heavy atom. The van der Waals surface area contributed by atoms with Crippen molar-refractivity contribution in [1.29, 1.82) is 0 Å². The molecule has 0 aliphatic heterocycles. The van der Waals surface area contributed by atoms with E-state index < -0.39 is 14.8 Å². The van der Waals surface area contributed by atoms with Crippen LogP contribution in [-0.4, -0.2) is 31.5 Å². The van der Waals surface area contributed by atoms with Crippen LogP contribution in [0.3, 0.4) is 0 Å². The number of rotatable bonds is 0. The fourth-order valence-electron chi connectivity index (χ4n) is 0. The third-order valence-electron chi connectivity index (χ3n) is 0. The first-order valence-electron chi connectivity index (χ1n) is 0.478. The van der Waals surface area contributed by atoms with Crippen molar-refractivity contribution >= 4 is 27.3 Å². The molecule has 0 aromatic carbocycles. The Labute approximate surface area is 54.6 Å². The van der Waals surface area contributed by atoms with Gasteiger partial charge < -0.3 is 8.40 Å². The Hall–Kier alpha value is 1.28. The molecular formula is HBrO3Tl. The average Bonchev–Trinajstić information content (AvgIpc) is 0.811. The van der Waals surface area contributed by atoms with Crippen LogP contribution < -0.4 is 8.40 Å². The van der Waals surface area contributed by atoms with Gasteiger partial charge in [-0.3, -0.25) is 0 Å². The van der Waals surface area contributed by atoms with E-state index in [0.717, 1.165) is 0 Å². The van der Waals surface area contributed by atoms with Gasteiger partial charge in [0.15, 0.2) is 0 Å². The third kappa shape index (κ3) is 34.6. The van der Waals surface area contributed by atoms with Crippen molar-refractivity contribution in [1.82, 2.24) is 0 Å². The zero-order chi connectivity index (χ0) is 3.58. The Morgan fingerprint density at radius 3 is 1.40 bits per heavy atom. The molecule has 0 amide bonds. The molecule has 0 aromatic heterocycles. The van der Waals surface area contributed by atoms with E-state index in [9.17, 15) is 0 Å². The minimum absolute atomic E-state index is 0. The topological polar surface area (TPSA) is 66.3 Å². The van der Waals surface area contributed by atoms with Gasteiger partial charge in [-0.25, -0.2) is 0 Å². The maximum Gasteiger partial charge on any atom is 0.433 e. The second-order valence-corrected chi connectivity index (χ2v) is 1.04. The summed E-state index contributed by atoms with van der Waals surface area (Å²) in [5, 5.41) is 0. The Bertz CT molecular complexity index is 11.6. The van der Waals surface area contributed by atoms with Crippen molar-refractivity contribution in [2.24, 2.45) is 0 Å². The van der Waals surface area contributed by atoms with Crippen molar-refractivity contribution in [2.45, 2.75) is 0 Å². The van der Waals surface area contributed by atoms with Gasteiger partial charge >= 0.3 is 14.8 Å². The standard InChI is InChI=1S/BrHO3.Tl/c2-1(3)4;/h2H;. The van der Waals surface area contributed by atoms with E-state index in [0.29, 0.717) is 0 Å². The number of hydrogen-bond donors (Lipinski definition) is 1. The maximum atomic E-state index is 8.63. The maximum absolute atomic E-state index is 8.63. The minimum Gasteiger partial charge on any atom is -0.372 e. The molecule has 0 aromatic rings. The first kappa shape index (κ1) is 9.56. The molecule has 3 nitrogen and oxygen atoms in total. The summed E-state index contributed by atoms with van der Waals surface area (Å²) in [6.07, 6.45) is 0. The minimum atomic E-state index is -3.40. The van der Waals surface area contributed by atoms with E-state index in [1.54, 1.807) is 0 Å². The fourth-order valence-corrected chi connectivity index (χ4v) is 0.